The van der Waals surface area contributed by atoms with Crippen LogP contribution in [0.25, 0.3) is 11.1 Å². The Labute approximate surface area is 178 Å². The molecule has 1 aliphatic heterocycles. The Morgan fingerprint density at radius 3 is 2.66 bits per heavy atom. The molecule has 29 heavy (non-hydrogen) atoms. The molecule has 10 heteroatoms. The van der Waals surface area contributed by atoms with E-state index in [0.29, 0.717) is 28.0 Å². The molecule has 4 rings (SSSR count). The van der Waals surface area contributed by atoms with E-state index in [-0.39, 0.29) is 11.5 Å². The average molecular weight is 502 g/mol. The molecule has 0 saturated carbocycles. The summed E-state index contributed by atoms with van der Waals surface area (Å²) in [6, 6.07) is 13.5. The van der Waals surface area contributed by atoms with Crippen molar-refractivity contribution in [2.45, 2.75) is 18.5 Å². The molecule has 0 saturated heterocycles. The van der Waals surface area contributed by atoms with Crippen molar-refractivity contribution in [2.75, 3.05) is 0 Å². The van der Waals surface area contributed by atoms with Gasteiger partial charge in [0.15, 0.2) is 6.10 Å². The third-order valence-electron chi connectivity index (χ3n) is 4.34. The van der Waals surface area contributed by atoms with Crippen molar-refractivity contribution in [3.05, 3.63) is 68.3 Å². The molecule has 0 aliphatic carbocycles. The number of halogens is 3. The number of hydrogen-bond donors (Lipinski definition) is 1. The van der Waals surface area contributed by atoms with Crippen molar-refractivity contribution < 1.29 is 26.7 Å². The highest BCUT2D eigenvalue weighted by atomic mass is 79.9. The minimum atomic E-state index is -3.74. The first-order valence-corrected chi connectivity index (χ1v) is 11.7. The Morgan fingerprint density at radius 1 is 1.21 bits per heavy atom. The van der Waals surface area contributed by atoms with Crippen LogP contribution in [0.5, 0.6) is 11.5 Å². The fourth-order valence-electron chi connectivity index (χ4n) is 3.32. The standard InChI is InChI=1S/C19H14BrF2NO4S2/c20-16-7-6-15(28-16)18-12-8-10(9-29(23,24)25)4-5-11(12)17-13(26-18)2-1-3-14(17)27-19(21)22/h1-8,18-19H,9H2,(H2,23,24,25). The summed E-state index contributed by atoms with van der Waals surface area (Å²) in [6.45, 7) is -2.99. The molecular weight excluding hydrogens is 488 g/mol. The van der Waals surface area contributed by atoms with Crippen LogP contribution in [0.3, 0.4) is 0 Å². The zero-order chi connectivity index (χ0) is 20.8. The number of fused-ring (bicyclic) bond motifs is 3. The van der Waals surface area contributed by atoms with Crippen LogP contribution in [0.15, 0.2) is 52.3 Å². The summed E-state index contributed by atoms with van der Waals surface area (Å²) in [4.78, 5) is 0.872. The van der Waals surface area contributed by atoms with E-state index in [1.54, 1.807) is 30.3 Å². The smallest absolute Gasteiger partial charge is 0.387 e. The van der Waals surface area contributed by atoms with Gasteiger partial charge in [-0.3, -0.25) is 0 Å². The van der Waals surface area contributed by atoms with Gasteiger partial charge in [0.1, 0.15) is 11.5 Å². The third-order valence-corrected chi connectivity index (χ3v) is 6.74. The number of primary sulfonamides is 1. The lowest BCUT2D eigenvalue weighted by Crippen LogP contribution is -2.18. The van der Waals surface area contributed by atoms with Gasteiger partial charge in [0.05, 0.1) is 20.0 Å². The first kappa shape index (κ1) is 20.3. The Hall–Kier alpha value is -2.01. The summed E-state index contributed by atoms with van der Waals surface area (Å²) in [5.41, 5.74) is 2.16. The van der Waals surface area contributed by atoms with Gasteiger partial charge in [-0.15, -0.1) is 11.3 Å². The predicted octanol–water partition coefficient (Wildman–Crippen LogP) is 5.05. The topological polar surface area (TPSA) is 78.6 Å². The van der Waals surface area contributed by atoms with Gasteiger partial charge in [-0.05, 0) is 51.3 Å². The number of rotatable bonds is 5. The Bertz CT molecular complexity index is 1180. The quantitative estimate of drug-likeness (QED) is 0.530. The molecule has 5 nitrogen and oxygen atoms in total. The lowest BCUT2D eigenvalue weighted by Gasteiger charge is -2.30. The van der Waals surface area contributed by atoms with E-state index in [1.165, 1.54) is 17.4 Å². The fraction of sp³-hybridized carbons (Fsp3) is 0.158. The lowest BCUT2D eigenvalue weighted by molar-refractivity contribution is -0.0496. The van der Waals surface area contributed by atoms with E-state index in [1.807, 2.05) is 12.1 Å². The van der Waals surface area contributed by atoms with Crippen LogP contribution in [0.2, 0.25) is 0 Å². The summed E-state index contributed by atoms with van der Waals surface area (Å²) in [7, 11) is -3.74. The molecule has 2 aromatic carbocycles. The molecule has 0 bridgehead atoms. The molecule has 1 unspecified atom stereocenters. The average Bonchev–Trinajstić information content (AvgIpc) is 3.05. The van der Waals surface area contributed by atoms with Gasteiger partial charge in [-0.2, -0.15) is 8.78 Å². The summed E-state index contributed by atoms with van der Waals surface area (Å²) in [6.07, 6.45) is -0.531. The first-order chi connectivity index (χ1) is 13.7. The molecule has 1 atom stereocenters. The molecule has 152 valence electrons. The van der Waals surface area contributed by atoms with Gasteiger partial charge < -0.3 is 9.47 Å². The van der Waals surface area contributed by atoms with Crippen molar-refractivity contribution in [2.24, 2.45) is 5.14 Å². The maximum atomic E-state index is 12.9. The zero-order valence-corrected chi connectivity index (χ0v) is 17.9. The van der Waals surface area contributed by atoms with Crippen molar-refractivity contribution in [1.82, 2.24) is 0 Å². The normalized spacial score (nSPS) is 15.6. The second-order valence-corrected chi connectivity index (χ2v) is 10.5. The Balaban J connectivity index is 1.90. The highest BCUT2D eigenvalue weighted by molar-refractivity contribution is 9.11. The van der Waals surface area contributed by atoms with Gasteiger partial charge in [0.25, 0.3) is 0 Å². The molecule has 0 amide bonds. The highest BCUT2D eigenvalue weighted by Crippen LogP contribution is 2.50. The van der Waals surface area contributed by atoms with Crippen molar-refractivity contribution in [1.29, 1.82) is 0 Å². The summed E-state index contributed by atoms with van der Waals surface area (Å²) >= 11 is 4.89. The summed E-state index contributed by atoms with van der Waals surface area (Å²) in [5.74, 6) is 0.0523. The van der Waals surface area contributed by atoms with Crippen LogP contribution >= 0.6 is 27.3 Å². The second kappa shape index (κ2) is 7.67. The SMILES string of the molecule is NS(=O)(=O)Cc1ccc2c(c1)C(c1ccc(Br)s1)Oc1cccc(OC(F)F)c1-2. The van der Waals surface area contributed by atoms with Gasteiger partial charge in [0, 0.05) is 5.56 Å². The minimum absolute atomic E-state index is 0.0104. The van der Waals surface area contributed by atoms with Crippen LogP contribution in [0.1, 0.15) is 22.1 Å². The van der Waals surface area contributed by atoms with Crippen molar-refractivity contribution >= 4 is 37.3 Å². The maximum absolute atomic E-state index is 12.9. The zero-order valence-electron chi connectivity index (χ0n) is 14.6. The summed E-state index contributed by atoms with van der Waals surface area (Å²) in [5, 5.41) is 5.18. The van der Waals surface area contributed by atoms with Gasteiger partial charge in [-0.25, -0.2) is 13.6 Å². The van der Waals surface area contributed by atoms with E-state index < -0.39 is 22.7 Å². The number of alkyl halides is 2. The highest BCUT2D eigenvalue weighted by Gasteiger charge is 2.31. The van der Waals surface area contributed by atoms with Crippen molar-refractivity contribution in [3.63, 3.8) is 0 Å². The molecule has 2 heterocycles. The second-order valence-electron chi connectivity index (χ2n) is 6.38. The summed E-state index contributed by atoms with van der Waals surface area (Å²) < 4.78 is 60.6. The number of ether oxygens (including phenoxy) is 2. The van der Waals surface area contributed by atoms with Crippen LogP contribution in [-0.4, -0.2) is 15.0 Å². The fourth-order valence-corrected chi connectivity index (χ4v) is 5.44. The molecule has 0 radical (unpaired) electrons. The Kier molecular flexibility index (Phi) is 5.36. The Morgan fingerprint density at radius 2 is 2.00 bits per heavy atom. The number of hydrogen-bond acceptors (Lipinski definition) is 5. The molecule has 2 N–H and O–H groups in total. The predicted molar refractivity (Wildman–Crippen MR) is 110 cm³/mol. The third kappa shape index (κ3) is 4.30. The molecule has 0 spiro atoms. The van der Waals surface area contributed by atoms with Crippen LogP contribution < -0.4 is 14.6 Å². The van der Waals surface area contributed by atoms with Crippen LogP contribution in [0, 0.1) is 0 Å². The number of nitrogens with two attached hydrogens (primary N) is 1. The van der Waals surface area contributed by atoms with Gasteiger partial charge in [-0.1, -0.05) is 24.3 Å². The van der Waals surface area contributed by atoms with Crippen molar-refractivity contribution in [3.8, 4) is 22.6 Å². The van der Waals surface area contributed by atoms with Crippen LogP contribution in [0.4, 0.5) is 8.78 Å². The van der Waals surface area contributed by atoms with E-state index >= 15 is 0 Å². The van der Waals surface area contributed by atoms with Gasteiger partial charge >= 0.3 is 6.61 Å². The van der Waals surface area contributed by atoms with Crippen LogP contribution in [-0.2, 0) is 15.8 Å². The number of sulfonamides is 1. The minimum Gasteiger partial charge on any atom is -0.479 e. The van der Waals surface area contributed by atoms with Gasteiger partial charge in [0.2, 0.25) is 10.0 Å². The lowest BCUT2D eigenvalue weighted by atomic mass is 9.90. The first-order valence-electron chi connectivity index (χ1n) is 8.34. The van der Waals surface area contributed by atoms with E-state index in [4.69, 9.17) is 14.6 Å². The molecule has 3 aromatic rings. The van der Waals surface area contributed by atoms with E-state index in [0.717, 1.165) is 8.66 Å². The molecule has 1 aromatic heterocycles. The molecular formula is C19H14BrF2NO4S2. The maximum Gasteiger partial charge on any atom is 0.387 e. The number of thiophene rings is 1. The largest absolute Gasteiger partial charge is 0.479 e. The monoisotopic (exact) mass is 501 g/mol. The van der Waals surface area contributed by atoms with E-state index in [2.05, 4.69) is 15.9 Å². The molecule has 1 aliphatic rings. The number of benzene rings is 2. The molecule has 0 fully saturated rings. The van der Waals surface area contributed by atoms with E-state index in [9.17, 15) is 17.2 Å².